The van der Waals surface area contributed by atoms with Crippen LogP contribution in [0, 0.1) is 5.41 Å². The second kappa shape index (κ2) is 3.56. The second-order valence-electron chi connectivity index (χ2n) is 4.18. The van der Waals surface area contributed by atoms with Crippen LogP contribution in [-0.2, 0) is 4.74 Å². The molecular formula is C10H19NO2. The Morgan fingerprint density at radius 2 is 2.15 bits per heavy atom. The SMILES string of the molecule is CCO[C@@H]1C[C@H](O)C12CCNCC2. The van der Waals surface area contributed by atoms with Crippen LogP contribution in [0.1, 0.15) is 26.2 Å². The smallest absolute Gasteiger partial charge is 0.0681 e. The maximum atomic E-state index is 9.81. The molecule has 76 valence electrons. The quantitative estimate of drug-likeness (QED) is 0.659. The molecule has 0 unspecified atom stereocenters. The first-order valence-corrected chi connectivity index (χ1v) is 5.30. The summed E-state index contributed by atoms with van der Waals surface area (Å²) in [5.74, 6) is 0. The largest absolute Gasteiger partial charge is 0.392 e. The van der Waals surface area contributed by atoms with Crippen molar-refractivity contribution in [1.82, 2.24) is 5.32 Å². The molecule has 2 rings (SSSR count). The van der Waals surface area contributed by atoms with Crippen molar-refractivity contribution in [2.45, 2.75) is 38.4 Å². The zero-order valence-electron chi connectivity index (χ0n) is 8.25. The van der Waals surface area contributed by atoms with Gasteiger partial charge in [0.25, 0.3) is 0 Å². The van der Waals surface area contributed by atoms with Crippen LogP contribution in [0.15, 0.2) is 0 Å². The van der Waals surface area contributed by atoms with E-state index in [0.717, 1.165) is 39.0 Å². The third-order valence-corrected chi connectivity index (χ3v) is 3.64. The molecule has 1 heterocycles. The molecule has 1 aliphatic heterocycles. The first-order chi connectivity index (χ1) is 6.29. The van der Waals surface area contributed by atoms with E-state index in [0.29, 0.717) is 6.10 Å². The zero-order valence-corrected chi connectivity index (χ0v) is 8.25. The fourth-order valence-corrected chi connectivity index (χ4v) is 2.71. The van der Waals surface area contributed by atoms with Gasteiger partial charge in [0.2, 0.25) is 0 Å². The number of rotatable bonds is 2. The lowest BCUT2D eigenvalue weighted by Gasteiger charge is -2.55. The maximum Gasteiger partial charge on any atom is 0.0681 e. The molecule has 2 N–H and O–H groups in total. The molecule has 2 fully saturated rings. The van der Waals surface area contributed by atoms with Gasteiger partial charge in [-0.1, -0.05) is 0 Å². The van der Waals surface area contributed by atoms with Crippen molar-refractivity contribution in [2.75, 3.05) is 19.7 Å². The lowest BCUT2D eigenvalue weighted by molar-refractivity contribution is -0.201. The minimum absolute atomic E-state index is 0.0985. The predicted octanol–water partition coefficient (Wildman–Crippen LogP) is 0.526. The Hall–Kier alpha value is -0.120. The molecule has 0 amide bonds. The third kappa shape index (κ3) is 1.39. The Kier molecular flexibility index (Phi) is 2.58. The molecule has 0 aromatic carbocycles. The molecule has 3 nitrogen and oxygen atoms in total. The van der Waals surface area contributed by atoms with Crippen molar-refractivity contribution in [2.24, 2.45) is 5.41 Å². The zero-order chi connectivity index (χ0) is 9.31. The number of ether oxygens (including phenoxy) is 1. The van der Waals surface area contributed by atoms with Crippen molar-refractivity contribution in [3.8, 4) is 0 Å². The predicted molar refractivity (Wildman–Crippen MR) is 50.6 cm³/mol. The molecule has 1 spiro atoms. The van der Waals surface area contributed by atoms with E-state index in [9.17, 15) is 5.11 Å². The molecule has 2 aliphatic rings. The Balaban J connectivity index is 1.99. The molecule has 1 saturated carbocycles. The van der Waals surface area contributed by atoms with Gasteiger partial charge in [-0.05, 0) is 32.9 Å². The summed E-state index contributed by atoms with van der Waals surface area (Å²) in [6, 6.07) is 0. The van der Waals surface area contributed by atoms with Crippen LogP contribution in [0.5, 0.6) is 0 Å². The Labute approximate surface area is 79.5 Å². The number of aliphatic hydroxyl groups is 1. The lowest BCUT2D eigenvalue weighted by Crippen LogP contribution is -2.61. The van der Waals surface area contributed by atoms with E-state index in [1.807, 2.05) is 6.92 Å². The fraction of sp³-hybridized carbons (Fsp3) is 1.00. The van der Waals surface area contributed by atoms with Gasteiger partial charge in [-0.2, -0.15) is 0 Å². The minimum atomic E-state index is -0.119. The number of aliphatic hydroxyl groups excluding tert-OH is 1. The summed E-state index contributed by atoms with van der Waals surface area (Å²) in [5, 5.41) is 13.1. The van der Waals surface area contributed by atoms with Crippen LogP contribution in [0.3, 0.4) is 0 Å². The Bertz CT molecular complexity index is 176. The van der Waals surface area contributed by atoms with Crippen molar-refractivity contribution in [3.63, 3.8) is 0 Å². The molecule has 1 aliphatic carbocycles. The minimum Gasteiger partial charge on any atom is -0.392 e. The van der Waals surface area contributed by atoms with Gasteiger partial charge in [-0.15, -0.1) is 0 Å². The van der Waals surface area contributed by atoms with Gasteiger partial charge >= 0.3 is 0 Å². The molecule has 0 aromatic heterocycles. The van der Waals surface area contributed by atoms with Crippen molar-refractivity contribution >= 4 is 0 Å². The highest BCUT2D eigenvalue weighted by Crippen LogP contribution is 2.49. The molecule has 13 heavy (non-hydrogen) atoms. The molecule has 1 saturated heterocycles. The highest BCUT2D eigenvalue weighted by Gasteiger charge is 2.55. The molecule has 2 atom stereocenters. The monoisotopic (exact) mass is 185 g/mol. The van der Waals surface area contributed by atoms with Gasteiger partial charge in [0.05, 0.1) is 12.2 Å². The number of nitrogens with one attached hydrogen (secondary N) is 1. The standard InChI is InChI=1S/C10H19NO2/c1-2-13-9-7-8(12)10(9)3-5-11-6-4-10/h8-9,11-12H,2-7H2,1H3/t8-,9+/m0/s1. The number of hydrogen-bond donors (Lipinski definition) is 2. The summed E-state index contributed by atoms with van der Waals surface area (Å²) in [6.45, 7) is 4.85. The van der Waals surface area contributed by atoms with E-state index in [2.05, 4.69) is 5.32 Å². The van der Waals surface area contributed by atoms with Crippen LogP contribution in [0.25, 0.3) is 0 Å². The van der Waals surface area contributed by atoms with Gasteiger partial charge in [0.1, 0.15) is 0 Å². The molecule has 0 radical (unpaired) electrons. The van der Waals surface area contributed by atoms with Gasteiger partial charge < -0.3 is 15.2 Å². The summed E-state index contributed by atoms with van der Waals surface area (Å²) in [6.07, 6.45) is 3.17. The highest BCUT2D eigenvalue weighted by molar-refractivity contribution is 5.06. The number of hydrogen-bond acceptors (Lipinski definition) is 3. The van der Waals surface area contributed by atoms with E-state index in [-0.39, 0.29) is 11.5 Å². The van der Waals surface area contributed by atoms with E-state index in [1.165, 1.54) is 0 Å². The maximum absolute atomic E-state index is 9.81. The first kappa shape index (κ1) is 9.44. The second-order valence-corrected chi connectivity index (χ2v) is 4.18. The summed E-state index contributed by atoms with van der Waals surface area (Å²) in [4.78, 5) is 0. The third-order valence-electron chi connectivity index (χ3n) is 3.64. The topological polar surface area (TPSA) is 41.5 Å². The molecule has 3 heteroatoms. The summed E-state index contributed by atoms with van der Waals surface area (Å²) < 4.78 is 5.65. The van der Waals surface area contributed by atoms with Gasteiger partial charge in [-0.3, -0.25) is 0 Å². The summed E-state index contributed by atoms with van der Waals surface area (Å²) >= 11 is 0. The summed E-state index contributed by atoms with van der Waals surface area (Å²) in [7, 11) is 0. The van der Waals surface area contributed by atoms with E-state index < -0.39 is 0 Å². The van der Waals surface area contributed by atoms with E-state index in [1.54, 1.807) is 0 Å². The van der Waals surface area contributed by atoms with Crippen LogP contribution in [0.4, 0.5) is 0 Å². The average molecular weight is 185 g/mol. The van der Waals surface area contributed by atoms with Crippen molar-refractivity contribution in [3.05, 3.63) is 0 Å². The average Bonchev–Trinajstić information content (AvgIpc) is 2.19. The normalized spacial score (nSPS) is 37.4. The Morgan fingerprint density at radius 1 is 1.46 bits per heavy atom. The van der Waals surface area contributed by atoms with E-state index in [4.69, 9.17) is 4.74 Å². The van der Waals surface area contributed by atoms with Crippen LogP contribution >= 0.6 is 0 Å². The Morgan fingerprint density at radius 3 is 2.69 bits per heavy atom. The highest BCUT2D eigenvalue weighted by atomic mass is 16.5. The molecule has 0 aromatic rings. The summed E-state index contributed by atoms with van der Waals surface area (Å²) in [5.41, 5.74) is 0.0985. The van der Waals surface area contributed by atoms with Crippen molar-refractivity contribution < 1.29 is 9.84 Å². The fourth-order valence-electron chi connectivity index (χ4n) is 2.71. The van der Waals surface area contributed by atoms with Crippen LogP contribution < -0.4 is 5.32 Å². The van der Waals surface area contributed by atoms with Gasteiger partial charge in [-0.25, -0.2) is 0 Å². The molecular weight excluding hydrogens is 166 g/mol. The van der Waals surface area contributed by atoms with Crippen molar-refractivity contribution in [1.29, 1.82) is 0 Å². The van der Waals surface area contributed by atoms with Gasteiger partial charge in [0, 0.05) is 18.4 Å². The van der Waals surface area contributed by atoms with E-state index >= 15 is 0 Å². The van der Waals surface area contributed by atoms with Crippen LogP contribution in [0.2, 0.25) is 0 Å². The lowest BCUT2D eigenvalue weighted by atomic mass is 9.58. The van der Waals surface area contributed by atoms with Crippen LogP contribution in [-0.4, -0.2) is 37.0 Å². The number of piperidine rings is 1. The molecule has 0 bridgehead atoms. The van der Waals surface area contributed by atoms with Gasteiger partial charge in [0.15, 0.2) is 0 Å². The first-order valence-electron chi connectivity index (χ1n) is 5.30.